The molecule has 0 unspecified atom stereocenters. The maximum Gasteiger partial charge on any atom is 0.498 e. The first-order chi connectivity index (χ1) is 11.8. The fraction of sp³-hybridized carbons (Fsp3) is 0.579. The summed E-state index contributed by atoms with van der Waals surface area (Å²) in [6, 6.07) is 4.04. The minimum atomic E-state index is -0.466. The van der Waals surface area contributed by atoms with Gasteiger partial charge in [-0.15, -0.1) is 0 Å². The second kappa shape index (κ2) is 5.76. The number of hydrogen-bond acceptors (Lipinski definition) is 5. The minimum absolute atomic E-state index is 0.168. The Labute approximate surface area is 148 Å². The van der Waals surface area contributed by atoms with E-state index in [1.165, 1.54) is 18.4 Å². The van der Waals surface area contributed by atoms with Crippen molar-refractivity contribution in [2.75, 3.05) is 13.9 Å². The van der Waals surface area contributed by atoms with E-state index >= 15 is 0 Å². The van der Waals surface area contributed by atoms with Crippen molar-refractivity contribution in [3.05, 3.63) is 24.0 Å². The van der Waals surface area contributed by atoms with Crippen LogP contribution in [0.4, 0.5) is 0 Å². The van der Waals surface area contributed by atoms with Gasteiger partial charge in [-0.05, 0) is 64.2 Å². The van der Waals surface area contributed by atoms with Crippen molar-refractivity contribution in [3.63, 3.8) is 0 Å². The van der Waals surface area contributed by atoms with Gasteiger partial charge in [0.2, 0.25) is 0 Å². The van der Waals surface area contributed by atoms with Gasteiger partial charge in [-0.25, -0.2) is 0 Å². The van der Waals surface area contributed by atoms with E-state index in [1.54, 1.807) is 13.4 Å². The van der Waals surface area contributed by atoms with Gasteiger partial charge in [0.05, 0.1) is 22.9 Å². The van der Waals surface area contributed by atoms with Crippen LogP contribution < -0.4 is 10.2 Å². The zero-order chi connectivity index (χ0) is 17.8. The van der Waals surface area contributed by atoms with Gasteiger partial charge in [0.1, 0.15) is 11.3 Å². The Balaban J connectivity index is 1.87. The van der Waals surface area contributed by atoms with E-state index in [4.69, 9.17) is 23.2 Å². The smallest absolute Gasteiger partial charge is 0.467 e. The van der Waals surface area contributed by atoms with Crippen molar-refractivity contribution in [2.45, 2.75) is 57.7 Å². The van der Waals surface area contributed by atoms with Crippen LogP contribution in [-0.4, -0.2) is 32.2 Å². The topological polar surface area (TPSA) is 50.1 Å². The summed E-state index contributed by atoms with van der Waals surface area (Å²) >= 11 is 0. The zero-order valence-corrected chi connectivity index (χ0v) is 15.5. The summed E-state index contributed by atoms with van der Waals surface area (Å²) < 4.78 is 29.5. The van der Waals surface area contributed by atoms with Crippen LogP contribution in [0.25, 0.3) is 11.0 Å². The molecule has 25 heavy (non-hydrogen) atoms. The van der Waals surface area contributed by atoms with Crippen molar-refractivity contribution in [3.8, 4) is 5.75 Å². The molecule has 2 fully saturated rings. The second-order valence-electron chi connectivity index (χ2n) is 7.95. The van der Waals surface area contributed by atoms with Gasteiger partial charge >= 0.3 is 7.12 Å². The molecular formula is C19H25BO5. The molecule has 2 aromatic rings. The fourth-order valence-electron chi connectivity index (χ4n) is 3.32. The number of hydrogen-bond donors (Lipinski definition) is 0. The molecule has 1 saturated carbocycles. The number of methoxy groups -OCH3 is 1. The minimum Gasteiger partial charge on any atom is -0.467 e. The second-order valence-corrected chi connectivity index (χ2v) is 7.95. The standard InChI is InChI=1S/C19H25BO5/c1-18(2)19(3,4)25-20(24-18)16-14(12-6-7-12)10-15-13(8-9-22-15)17(16)23-11-21-5/h8-10,12H,6-7,11H2,1-5H3. The van der Waals surface area contributed by atoms with E-state index < -0.39 is 18.3 Å². The maximum absolute atomic E-state index is 6.34. The van der Waals surface area contributed by atoms with Crippen LogP contribution in [-0.2, 0) is 14.0 Å². The van der Waals surface area contributed by atoms with Crippen molar-refractivity contribution in [1.29, 1.82) is 0 Å². The lowest BCUT2D eigenvalue weighted by molar-refractivity contribution is 0.00578. The van der Waals surface area contributed by atoms with Crippen LogP contribution in [0, 0.1) is 0 Å². The third kappa shape index (κ3) is 2.76. The number of benzene rings is 1. The first-order valence-corrected chi connectivity index (χ1v) is 8.85. The first kappa shape index (κ1) is 16.9. The summed E-state index contributed by atoms with van der Waals surface area (Å²) in [5.41, 5.74) is 2.21. The molecule has 1 aliphatic heterocycles. The molecule has 0 N–H and O–H groups in total. The van der Waals surface area contributed by atoms with Gasteiger partial charge in [-0.3, -0.25) is 0 Å². The molecule has 1 aromatic heterocycles. The molecule has 4 rings (SSSR count). The van der Waals surface area contributed by atoms with Crippen molar-refractivity contribution in [2.24, 2.45) is 0 Å². The van der Waals surface area contributed by atoms with Gasteiger partial charge < -0.3 is 23.2 Å². The van der Waals surface area contributed by atoms with Gasteiger partial charge in [-0.1, -0.05) is 0 Å². The average molecular weight is 344 g/mol. The van der Waals surface area contributed by atoms with Crippen LogP contribution in [0.1, 0.15) is 52.0 Å². The van der Waals surface area contributed by atoms with Crippen molar-refractivity contribution >= 4 is 23.6 Å². The average Bonchev–Trinajstić information content (AvgIpc) is 3.23. The van der Waals surface area contributed by atoms with E-state index in [0.29, 0.717) is 5.92 Å². The number of fused-ring (bicyclic) bond motifs is 1. The Kier molecular flexibility index (Phi) is 3.90. The summed E-state index contributed by atoms with van der Waals surface area (Å²) in [7, 11) is 1.15. The molecule has 5 nitrogen and oxygen atoms in total. The van der Waals surface area contributed by atoms with E-state index in [0.717, 1.165) is 22.2 Å². The van der Waals surface area contributed by atoms with Crippen LogP contribution in [0.5, 0.6) is 5.75 Å². The summed E-state index contributed by atoms with van der Waals surface area (Å²) in [5, 5.41) is 0.922. The fourth-order valence-corrected chi connectivity index (χ4v) is 3.32. The number of ether oxygens (including phenoxy) is 2. The summed E-state index contributed by atoms with van der Waals surface area (Å²) in [4.78, 5) is 0. The van der Waals surface area contributed by atoms with Crippen LogP contribution in [0.2, 0.25) is 0 Å². The molecule has 6 heteroatoms. The molecule has 2 heterocycles. The molecular weight excluding hydrogens is 319 g/mol. The molecule has 1 saturated heterocycles. The first-order valence-electron chi connectivity index (χ1n) is 8.85. The Morgan fingerprint density at radius 3 is 2.44 bits per heavy atom. The molecule has 0 spiro atoms. The molecule has 0 amide bonds. The Hall–Kier alpha value is -1.50. The highest BCUT2D eigenvalue weighted by atomic mass is 16.7. The maximum atomic E-state index is 6.34. The van der Waals surface area contributed by atoms with E-state index in [2.05, 4.69) is 33.8 Å². The summed E-state index contributed by atoms with van der Waals surface area (Å²) in [6.45, 7) is 8.43. The van der Waals surface area contributed by atoms with Crippen LogP contribution >= 0.6 is 0 Å². The third-order valence-electron chi connectivity index (χ3n) is 5.61. The monoisotopic (exact) mass is 344 g/mol. The quantitative estimate of drug-likeness (QED) is 0.613. The lowest BCUT2D eigenvalue weighted by atomic mass is 9.73. The summed E-state index contributed by atoms with van der Waals surface area (Å²) in [6.07, 6.45) is 4.03. The highest BCUT2D eigenvalue weighted by Gasteiger charge is 2.54. The SMILES string of the molecule is COCOc1c(B2OC(C)(C)C(C)(C)O2)c(C2CC2)cc2occc12. The Morgan fingerprint density at radius 1 is 1.16 bits per heavy atom. The molecule has 0 atom stereocenters. The molecule has 0 bridgehead atoms. The molecule has 0 radical (unpaired) electrons. The van der Waals surface area contributed by atoms with Gasteiger partial charge in [0, 0.05) is 12.6 Å². The van der Waals surface area contributed by atoms with Crippen LogP contribution in [0.15, 0.2) is 22.8 Å². The molecule has 1 aromatic carbocycles. The van der Waals surface area contributed by atoms with Crippen molar-refractivity contribution < 1.29 is 23.2 Å². The molecule has 2 aliphatic rings. The van der Waals surface area contributed by atoms with E-state index in [-0.39, 0.29) is 6.79 Å². The number of furan rings is 1. The van der Waals surface area contributed by atoms with Crippen LogP contribution in [0.3, 0.4) is 0 Å². The predicted octanol–water partition coefficient (Wildman–Crippen LogP) is 3.59. The largest absolute Gasteiger partial charge is 0.498 e. The number of rotatable bonds is 5. The van der Waals surface area contributed by atoms with Gasteiger partial charge in [-0.2, -0.15) is 0 Å². The highest BCUT2D eigenvalue weighted by Crippen LogP contribution is 2.45. The molecule has 1 aliphatic carbocycles. The zero-order valence-electron chi connectivity index (χ0n) is 15.5. The van der Waals surface area contributed by atoms with Gasteiger partial charge in [0.25, 0.3) is 0 Å². The van der Waals surface area contributed by atoms with E-state index in [1.807, 2.05) is 6.07 Å². The van der Waals surface area contributed by atoms with E-state index in [9.17, 15) is 0 Å². The lowest BCUT2D eigenvalue weighted by Crippen LogP contribution is -2.41. The Morgan fingerprint density at radius 2 is 1.84 bits per heavy atom. The Bertz CT molecular complexity index is 774. The van der Waals surface area contributed by atoms with Gasteiger partial charge in [0.15, 0.2) is 6.79 Å². The normalized spacial score (nSPS) is 21.9. The third-order valence-corrected chi connectivity index (χ3v) is 5.61. The van der Waals surface area contributed by atoms with Crippen molar-refractivity contribution in [1.82, 2.24) is 0 Å². The lowest BCUT2D eigenvalue weighted by Gasteiger charge is -2.32. The highest BCUT2D eigenvalue weighted by molar-refractivity contribution is 6.64. The predicted molar refractivity (Wildman–Crippen MR) is 96.4 cm³/mol. The summed E-state index contributed by atoms with van der Waals surface area (Å²) in [5.74, 6) is 1.25. The molecule has 134 valence electrons.